The maximum atomic E-state index is 12.7. The van der Waals surface area contributed by atoms with E-state index in [4.69, 9.17) is 21.1 Å². The smallest absolute Gasteiger partial charge is 0.235 e. The van der Waals surface area contributed by atoms with Crippen molar-refractivity contribution in [3.8, 4) is 17.2 Å². The van der Waals surface area contributed by atoms with Gasteiger partial charge in [0.2, 0.25) is 10.0 Å². The number of para-hydroxylation sites is 2. The van der Waals surface area contributed by atoms with Crippen molar-refractivity contribution in [3.05, 3.63) is 77.6 Å². The van der Waals surface area contributed by atoms with Crippen LogP contribution < -0.4 is 13.8 Å². The molecule has 0 unspecified atom stereocenters. The molecule has 0 aliphatic heterocycles. The van der Waals surface area contributed by atoms with Gasteiger partial charge in [0.25, 0.3) is 0 Å². The average Bonchev–Trinajstić information content (AvgIpc) is 2.74. The summed E-state index contributed by atoms with van der Waals surface area (Å²) >= 11 is 5.82. The van der Waals surface area contributed by atoms with Crippen molar-refractivity contribution in [2.45, 2.75) is 13.5 Å². The number of nitrogens with zero attached hydrogens (tertiary/aromatic N) is 2. The summed E-state index contributed by atoms with van der Waals surface area (Å²) in [6, 6.07) is 17.6. The van der Waals surface area contributed by atoms with Crippen molar-refractivity contribution in [2.24, 2.45) is 0 Å². The standard InChI is InChI=1S/C21H21ClN2O4S/c1-3-29(25,26)24(15-16-8-13-21(22)23-14-16)17-9-11-18(12-10-17)28-20-7-5-4-6-19(20)27-2/h4-14H,3,15H2,1-2H3. The predicted molar refractivity (Wildman–Crippen MR) is 114 cm³/mol. The Morgan fingerprint density at radius 1 is 1.00 bits per heavy atom. The molecule has 0 aliphatic rings. The Morgan fingerprint density at radius 2 is 1.69 bits per heavy atom. The Kier molecular flexibility index (Phi) is 6.61. The van der Waals surface area contributed by atoms with E-state index in [1.165, 1.54) is 4.31 Å². The molecule has 3 aromatic rings. The minimum atomic E-state index is -3.49. The summed E-state index contributed by atoms with van der Waals surface area (Å²) in [6.07, 6.45) is 1.57. The number of pyridine rings is 1. The first-order chi connectivity index (χ1) is 13.9. The molecule has 6 nitrogen and oxygen atoms in total. The van der Waals surface area contributed by atoms with Crippen LogP contribution in [0.5, 0.6) is 17.2 Å². The van der Waals surface area contributed by atoms with E-state index in [1.807, 2.05) is 12.1 Å². The molecule has 0 fully saturated rings. The van der Waals surface area contributed by atoms with E-state index in [1.54, 1.807) is 68.8 Å². The van der Waals surface area contributed by atoms with E-state index in [9.17, 15) is 8.42 Å². The summed E-state index contributed by atoms with van der Waals surface area (Å²) in [4.78, 5) is 4.02. The maximum Gasteiger partial charge on any atom is 0.235 e. The van der Waals surface area contributed by atoms with Crippen molar-refractivity contribution >= 4 is 27.3 Å². The zero-order valence-electron chi connectivity index (χ0n) is 16.1. The molecular formula is C21H21ClN2O4S. The first-order valence-corrected chi connectivity index (χ1v) is 10.9. The van der Waals surface area contributed by atoms with Gasteiger partial charge in [0.05, 0.1) is 25.1 Å². The van der Waals surface area contributed by atoms with E-state index in [0.717, 1.165) is 5.56 Å². The highest BCUT2D eigenvalue weighted by Crippen LogP contribution is 2.32. The van der Waals surface area contributed by atoms with Gasteiger partial charge in [-0.1, -0.05) is 29.8 Å². The van der Waals surface area contributed by atoms with Crippen molar-refractivity contribution in [1.82, 2.24) is 4.98 Å². The second-order valence-electron chi connectivity index (χ2n) is 6.14. The maximum absolute atomic E-state index is 12.7. The summed E-state index contributed by atoms with van der Waals surface area (Å²) < 4.78 is 37.8. The zero-order valence-corrected chi connectivity index (χ0v) is 17.7. The molecule has 0 bridgehead atoms. The summed E-state index contributed by atoms with van der Waals surface area (Å²) in [5.74, 6) is 1.74. The van der Waals surface area contributed by atoms with E-state index < -0.39 is 10.0 Å². The number of anilines is 1. The fourth-order valence-electron chi connectivity index (χ4n) is 2.68. The lowest BCUT2D eigenvalue weighted by Crippen LogP contribution is -2.31. The van der Waals surface area contributed by atoms with Crippen LogP contribution in [0.25, 0.3) is 0 Å². The summed E-state index contributed by atoms with van der Waals surface area (Å²) in [5.41, 5.74) is 1.27. The number of rotatable bonds is 8. The molecule has 8 heteroatoms. The molecule has 0 radical (unpaired) electrons. The Labute approximate surface area is 175 Å². The van der Waals surface area contributed by atoms with Gasteiger partial charge in [-0.05, 0) is 55.0 Å². The average molecular weight is 433 g/mol. The number of halogens is 1. The Balaban J connectivity index is 1.86. The fraction of sp³-hybridized carbons (Fsp3) is 0.190. The molecule has 0 spiro atoms. The van der Waals surface area contributed by atoms with Crippen LogP contribution in [0.15, 0.2) is 66.9 Å². The topological polar surface area (TPSA) is 68.7 Å². The molecule has 1 heterocycles. The van der Waals surface area contributed by atoms with Crippen LogP contribution in [0.1, 0.15) is 12.5 Å². The zero-order chi connectivity index (χ0) is 20.9. The fourth-order valence-corrected chi connectivity index (χ4v) is 3.89. The molecule has 29 heavy (non-hydrogen) atoms. The molecule has 1 aromatic heterocycles. The highest BCUT2D eigenvalue weighted by Gasteiger charge is 2.21. The number of aromatic nitrogens is 1. The summed E-state index contributed by atoms with van der Waals surface area (Å²) in [7, 11) is -1.92. The van der Waals surface area contributed by atoms with Gasteiger partial charge in [-0.15, -0.1) is 0 Å². The number of hydrogen-bond donors (Lipinski definition) is 0. The van der Waals surface area contributed by atoms with Gasteiger partial charge in [0.1, 0.15) is 10.9 Å². The van der Waals surface area contributed by atoms with Crippen LogP contribution in [-0.4, -0.2) is 26.3 Å². The van der Waals surface area contributed by atoms with Gasteiger partial charge >= 0.3 is 0 Å². The third-order valence-corrected chi connectivity index (χ3v) is 6.20. The minimum absolute atomic E-state index is 0.0204. The first kappa shape index (κ1) is 21.0. The molecular weight excluding hydrogens is 412 g/mol. The monoisotopic (exact) mass is 432 g/mol. The van der Waals surface area contributed by atoms with Gasteiger partial charge in [0.15, 0.2) is 11.5 Å². The van der Waals surface area contributed by atoms with Crippen LogP contribution >= 0.6 is 11.6 Å². The minimum Gasteiger partial charge on any atom is -0.493 e. The summed E-state index contributed by atoms with van der Waals surface area (Å²) in [6.45, 7) is 1.77. The molecule has 3 rings (SSSR count). The van der Waals surface area contributed by atoms with Crippen LogP contribution in [0, 0.1) is 0 Å². The lowest BCUT2D eigenvalue weighted by molar-refractivity contribution is 0.379. The summed E-state index contributed by atoms with van der Waals surface area (Å²) in [5, 5.41) is 0.358. The lowest BCUT2D eigenvalue weighted by atomic mass is 10.2. The third-order valence-electron chi connectivity index (χ3n) is 4.24. The van der Waals surface area contributed by atoms with E-state index in [-0.39, 0.29) is 12.3 Å². The molecule has 152 valence electrons. The van der Waals surface area contributed by atoms with Crippen LogP contribution in [0.3, 0.4) is 0 Å². The third kappa shape index (κ3) is 5.19. The molecule has 0 saturated heterocycles. The molecule has 0 saturated carbocycles. The van der Waals surface area contributed by atoms with Gasteiger partial charge < -0.3 is 9.47 Å². The van der Waals surface area contributed by atoms with Gasteiger partial charge in [0, 0.05) is 6.20 Å². The predicted octanol–water partition coefficient (Wildman–Crippen LogP) is 4.89. The molecule has 0 N–H and O–H groups in total. The number of benzene rings is 2. The van der Waals surface area contributed by atoms with Gasteiger partial charge in [-0.25, -0.2) is 13.4 Å². The highest BCUT2D eigenvalue weighted by molar-refractivity contribution is 7.92. The number of methoxy groups -OCH3 is 1. The second-order valence-corrected chi connectivity index (χ2v) is 8.71. The Morgan fingerprint density at radius 3 is 2.28 bits per heavy atom. The van der Waals surface area contributed by atoms with E-state index in [2.05, 4.69) is 4.98 Å². The van der Waals surface area contributed by atoms with Crippen molar-refractivity contribution in [3.63, 3.8) is 0 Å². The molecule has 2 aromatic carbocycles. The number of sulfonamides is 1. The number of ether oxygens (including phenoxy) is 2. The van der Waals surface area contributed by atoms with Crippen molar-refractivity contribution < 1.29 is 17.9 Å². The Hall–Kier alpha value is -2.77. The van der Waals surface area contributed by atoms with Crippen LogP contribution in [0.2, 0.25) is 5.15 Å². The van der Waals surface area contributed by atoms with Crippen molar-refractivity contribution in [2.75, 3.05) is 17.2 Å². The van der Waals surface area contributed by atoms with E-state index in [0.29, 0.717) is 28.1 Å². The molecule has 0 atom stereocenters. The number of hydrogen-bond acceptors (Lipinski definition) is 5. The Bertz CT molecular complexity index is 1050. The van der Waals surface area contributed by atoms with Crippen molar-refractivity contribution in [1.29, 1.82) is 0 Å². The lowest BCUT2D eigenvalue weighted by Gasteiger charge is -2.24. The van der Waals surface area contributed by atoms with Gasteiger partial charge in [-0.2, -0.15) is 0 Å². The largest absolute Gasteiger partial charge is 0.493 e. The van der Waals surface area contributed by atoms with Crippen LogP contribution in [0.4, 0.5) is 5.69 Å². The second kappa shape index (κ2) is 9.15. The van der Waals surface area contributed by atoms with E-state index >= 15 is 0 Å². The quantitative estimate of drug-likeness (QED) is 0.474. The molecule has 0 aliphatic carbocycles. The normalized spacial score (nSPS) is 11.1. The highest BCUT2D eigenvalue weighted by atomic mass is 35.5. The molecule has 0 amide bonds. The SMILES string of the molecule is CCS(=O)(=O)N(Cc1ccc(Cl)nc1)c1ccc(Oc2ccccc2OC)cc1. The van der Waals surface area contributed by atoms with Gasteiger partial charge in [-0.3, -0.25) is 4.31 Å². The van der Waals surface area contributed by atoms with Crippen LogP contribution in [-0.2, 0) is 16.6 Å². The first-order valence-electron chi connectivity index (χ1n) is 8.94.